The van der Waals surface area contributed by atoms with E-state index in [0.29, 0.717) is 17.8 Å². The summed E-state index contributed by atoms with van der Waals surface area (Å²) >= 11 is 0. The molecular weight excluding hydrogens is 267 g/mol. The number of hydrogen-bond acceptors (Lipinski definition) is 3. The quantitative estimate of drug-likeness (QED) is 0.916. The van der Waals surface area contributed by atoms with Crippen molar-refractivity contribution in [1.29, 1.82) is 0 Å². The third-order valence-electron chi connectivity index (χ3n) is 4.06. The zero-order valence-electron chi connectivity index (χ0n) is 12.1. The normalized spacial score (nSPS) is 20.9. The third kappa shape index (κ3) is 3.39. The van der Waals surface area contributed by atoms with Gasteiger partial charge >= 0.3 is 0 Å². The molecule has 1 saturated carbocycles. The van der Waals surface area contributed by atoms with E-state index in [0.717, 1.165) is 30.5 Å². The summed E-state index contributed by atoms with van der Waals surface area (Å²) in [5.74, 6) is 0.971. The highest BCUT2D eigenvalue weighted by Crippen LogP contribution is 2.37. The van der Waals surface area contributed by atoms with E-state index in [-0.39, 0.29) is 5.82 Å². The highest BCUT2D eigenvalue weighted by Gasteiger charge is 2.29. The van der Waals surface area contributed by atoms with Gasteiger partial charge in [-0.2, -0.15) is 0 Å². The van der Waals surface area contributed by atoms with Crippen molar-refractivity contribution in [3.05, 3.63) is 59.5 Å². The molecule has 2 aromatic rings. The second-order valence-electron chi connectivity index (χ2n) is 5.51. The average Bonchev–Trinajstić information content (AvgIpc) is 2.46. The molecule has 3 nitrogen and oxygen atoms in total. The number of rotatable bonds is 5. The number of nitrogens with zero attached hydrogens (tertiary/aromatic N) is 1. The van der Waals surface area contributed by atoms with Crippen LogP contribution in [0.2, 0.25) is 0 Å². The fourth-order valence-electron chi connectivity index (χ4n) is 2.75. The van der Waals surface area contributed by atoms with Gasteiger partial charge in [0.05, 0.1) is 7.11 Å². The Bertz CT molecular complexity index is 611. The Morgan fingerprint density at radius 2 is 2.14 bits per heavy atom. The molecule has 0 atom stereocenters. The molecular formula is C17H19FN2O. The van der Waals surface area contributed by atoms with Crippen LogP contribution in [-0.4, -0.2) is 18.1 Å². The lowest BCUT2D eigenvalue weighted by atomic mass is 9.76. The predicted octanol–water partition coefficient (Wildman–Crippen LogP) is 3.27. The average molecular weight is 286 g/mol. The van der Waals surface area contributed by atoms with Gasteiger partial charge in [-0.25, -0.2) is 9.37 Å². The van der Waals surface area contributed by atoms with Crippen molar-refractivity contribution in [1.82, 2.24) is 10.3 Å². The zero-order chi connectivity index (χ0) is 14.7. The number of hydrogen-bond donors (Lipinski definition) is 1. The predicted molar refractivity (Wildman–Crippen MR) is 79.8 cm³/mol. The van der Waals surface area contributed by atoms with Gasteiger partial charge in [0.15, 0.2) is 0 Å². The summed E-state index contributed by atoms with van der Waals surface area (Å²) in [4.78, 5) is 4.09. The van der Waals surface area contributed by atoms with E-state index in [1.807, 2.05) is 18.2 Å². The Hall–Kier alpha value is -1.94. The summed E-state index contributed by atoms with van der Waals surface area (Å²) in [6.45, 7) is 0.805. The van der Waals surface area contributed by atoms with Gasteiger partial charge in [-0.05, 0) is 48.1 Å². The zero-order valence-corrected chi connectivity index (χ0v) is 12.1. The van der Waals surface area contributed by atoms with Gasteiger partial charge in [-0.3, -0.25) is 0 Å². The Morgan fingerprint density at radius 3 is 2.90 bits per heavy atom. The first-order valence-electron chi connectivity index (χ1n) is 7.22. The van der Waals surface area contributed by atoms with Gasteiger partial charge in [0.2, 0.25) is 5.88 Å². The van der Waals surface area contributed by atoms with E-state index < -0.39 is 0 Å². The Kier molecular flexibility index (Phi) is 4.15. The van der Waals surface area contributed by atoms with Gasteiger partial charge in [0, 0.05) is 24.8 Å². The summed E-state index contributed by atoms with van der Waals surface area (Å²) in [5.41, 5.74) is 2.27. The van der Waals surface area contributed by atoms with Crippen LogP contribution in [0.3, 0.4) is 0 Å². The molecule has 0 bridgehead atoms. The SMILES string of the molecule is COc1cc(CNC2CC(c3cccc(F)c3)C2)ccn1. The number of nitrogens with one attached hydrogen (secondary N) is 1. The lowest BCUT2D eigenvalue weighted by Crippen LogP contribution is -2.39. The second-order valence-corrected chi connectivity index (χ2v) is 5.51. The fraction of sp³-hybridized carbons (Fsp3) is 0.353. The molecule has 1 aromatic heterocycles. The topological polar surface area (TPSA) is 34.1 Å². The first-order valence-corrected chi connectivity index (χ1v) is 7.22. The van der Waals surface area contributed by atoms with E-state index in [1.54, 1.807) is 25.4 Å². The van der Waals surface area contributed by atoms with Crippen molar-refractivity contribution in [3.8, 4) is 5.88 Å². The van der Waals surface area contributed by atoms with Crippen molar-refractivity contribution in [2.75, 3.05) is 7.11 Å². The molecule has 0 aliphatic heterocycles. The maximum absolute atomic E-state index is 13.2. The van der Waals surface area contributed by atoms with Crippen LogP contribution in [0.5, 0.6) is 5.88 Å². The van der Waals surface area contributed by atoms with E-state index in [9.17, 15) is 4.39 Å². The summed E-state index contributed by atoms with van der Waals surface area (Å²) in [6.07, 6.45) is 3.88. The van der Waals surface area contributed by atoms with E-state index >= 15 is 0 Å². The van der Waals surface area contributed by atoms with Crippen molar-refractivity contribution < 1.29 is 9.13 Å². The largest absolute Gasteiger partial charge is 0.481 e. The summed E-state index contributed by atoms with van der Waals surface area (Å²) in [5, 5.41) is 3.52. The lowest BCUT2D eigenvalue weighted by Gasteiger charge is -2.36. The molecule has 0 unspecified atom stereocenters. The Morgan fingerprint density at radius 1 is 1.29 bits per heavy atom. The molecule has 1 heterocycles. The van der Waals surface area contributed by atoms with Crippen LogP contribution >= 0.6 is 0 Å². The van der Waals surface area contributed by atoms with E-state index in [2.05, 4.69) is 10.3 Å². The van der Waals surface area contributed by atoms with Gasteiger partial charge < -0.3 is 10.1 Å². The first kappa shape index (κ1) is 14.0. The Balaban J connectivity index is 1.49. The second kappa shape index (κ2) is 6.22. The highest BCUT2D eigenvalue weighted by molar-refractivity contribution is 5.24. The van der Waals surface area contributed by atoms with Crippen molar-refractivity contribution >= 4 is 0 Å². The van der Waals surface area contributed by atoms with Crippen LogP contribution in [0.25, 0.3) is 0 Å². The molecule has 4 heteroatoms. The molecule has 0 amide bonds. The van der Waals surface area contributed by atoms with Crippen LogP contribution < -0.4 is 10.1 Å². The maximum Gasteiger partial charge on any atom is 0.213 e. The number of halogens is 1. The number of aromatic nitrogens is 1. The van der Waals surface area contributed by atoms with Gasteiger partial charge in [-0.1, -0.05) is 12.1 Å². The maximum atomic E-state index is 13.2. The van der Waals surface area contributed by atoms with E-state index in [4.69, 9.17) is 4.74 Å². The summed E-state index contributed by atoms with van der Waals surface area (Å²) < 4.78 is 18.3. The third-order valence-corrected chi connectivity index (χ3v) is 4.06. The number of ether oxygens (including phenoxy) is 1. The van der Waals surface area contributed by atoms with Crippen LogP contribution in [0.1, 0.15) is 29.9 Å². The van der Waals surface area contributed by atoms with Crippen molar-refractivity contribution in [2.45, 2.75) is 31.3 Å². The molecule has 110 valence electrons. The van der Waals surface area contributed by atoms with Crippen LogP contribution in [0.4, 0.5) is 4.39 Å². The molecule has 1 aromatic carbocycles. The van der Waals surface area contributed by atoms with E-state index in [1.165, 1.54) is 6.07 Å². The summed E-state index contributed by atoms with van der Waals surface area (Å²) in [6, 6.07) is 11.4. The molecule has 3 rings (SSSR count). The molecule has 0 radical (unpaired) electrons. The smallest absolute Gasteiger partial charge is 0.213 e. The molecule has 21 heavy (non-hydrogen) atoms. The van der Waals surface area contributed by atoms with Crippen molar-refractivity contribution in [2.24, 2.45) is 0 Å². The fourth-order valence-corrected chi connectivity index (χ4v) is 2.75. The Labute approximate surface area is 124 Å². The van der Waals surface area contributed by atoms with Crippen LogP contribution in [0.15, 0.2) is 42.6 Å². The van der Waals surface area contributed by atoms with Crippen LogP contribution in [-0.2, 0) is 6.54 Å². The molecule has 1 aliphatic carbocycles. The standard InChI is InChI=1S/C17H19FN2O/c1-21-17-7-12(5-6-19-17)11-20-16-9-14(10-16)13-3-2-4-15(18)8-13/h2-8,14,16,20H,9-11H2,1H3. The van der Waals surface area contributed by atoms with Gasteiger partial charge in [-0.15, -0.1) is 0 Å². The highest BCUT2D eigenvalue weighted by atomic mass is 19.1. The first-order chi connectivity index (χ1) is 10.2. The molecule has 1 aliphatic rings. The number of pyridine rings is 1. The molecule has 1 fully saturated rings. The molecule has 1 N–H and O–H groups in total. The number of benzene rings is 1. The minimum absolute atomic E-state index is 0.146. The lowest BCUT2D eigenvalue weighted by molar-refractivity contribution is 0.289. The monoisotopic (exact) mass is 286 g/mol. The minimum Gasteiger partial charge on any atom is -0.481 e. The van der Waals surface area contributed by atoms with Crippen molar-refractivity contribution in [3.63, 3.8) is 0 Å². The van der Waals surface area contributed by atoms with Gasteiger partial charge in [0.25, 0.3) is 0 Å². The van der Waals surface area contributed by atoms with Gasteiger partial charge in [0.1, 0.15) is 5.82 Å². The molecule has 0 spiro atoms. The summed E-state index contributed by atoms with van der Waals surface area (Å²) in [7, 11) is 1.62. The van der Waals surface area contributed by atoms with Crippen LogP contribution in [0, 0.1) is 5.82 Å². The number of methoxy groups -OCH3 is 1. The minimum atomic E-state index is -0.146. The molecule has 0 saturated heterocycles.